The van der Waals surface area contributed by atoms with Gasteiger partial charge in [-0.15, -0.1) is 0 Å². The lowest BCUT2D eigenvalue weighted by molar-refractivity contribution is -0.137. The number of alkyl halides is 3. The molecule has 4 nitrogen and oxygen atoms in total. The number of halogens is 4. The Kier molecular flexibility index (Phi) is 5.29. The number of nitriles is 1. The highest BCUT2D eigenvalue weighted by atomic mass is 79.9. The second-order valence-electron chi connectivity index (χ2n) is 5.83. The van der Waals surface area contributed by atoms with Gasteiger partial charge >= 0.3 is 6.18 Å². The minimum atomic E-state index is -4.45. The Balaban J connectivity index is 2.23. The first-order chi connectivity index (χ1) is 13.3. The fourth-order valence-electron chi connectivity index (χ4n) is 2.75. The van der Waals surface area contributed by atoms with Crippen molar-refractivity contribution in [2.24, 2.45) is 0 Å². The molecular formula is C20H13BrF3N3O. The number of ether oxygens (including phenoxy) is 1. The first-order valence-electron chi connectivity index (χ1n) is 7.97. The third-order valence-electron chi connectivity index (χ3n) is 4.12. The molecule has 3 aromatic rings. The van der Waals surface area contributed by atoms with Gasteiger partial charge in [0.2, 0.25) is 0 Å². The Bertz CT molecular complexity index is 1070. The SMILES string of the molecule is COc1cccc(-c2nc(N)c(C#N)c(-c3ccc(C(F)(F)F)cc3)c2Br)c1. The summed E-state index contributed by atoms with van der Waals surface area (Å²) in [5, 5.41) is 9.52. The minimum absolute atomic E-state index is 0.0154. The highest BCUT2D eigenvalue weighted by molar-refractivity contribution is 9.10. The van der Waals surface area contributed by atoms with Crippen molar-refractivity contribution in [1.82, 2.24) is 4.98 Å². The van der Waals surface area contributed by atoms with Crippen molar-refractivity contribution >= 4 is 21.7 Å². The van der Waals surface area contributed by atoms with Crippen molar-refractivity contribution in [3.63, 3.8) is 0 Å². The summed E-state index contributed by atoms with van der Waals surface area (Å²) >= 11 is 3.45. The van der Waals surface area contributed by atoms with Gasteiger partial charge in [0.1, 0.15) is 23.2 Å². The van der Waals surface area contributed by atoms with Gasteiger partial charge in [-0.25, -0.2) is 4.98 Å². The van der Waals surface area contributed by atoms with Crippen molar-refractivity contribution in [2.75, 3.05) is 12.8 Å². The molecule has 8 heteroatoms. The van der Waals surface area contributed by atoms with E-state index in [2.05, 4.69) is 20.9 Å². The van der Waals surface area contributed by atoms with E-state index in [1.54, 1.807) is 24.3 Å². The van der Waals surface area contributed by atoms with E-state index in [0.29, 0.717) is 32.6 Å². The van der Waals surface area contributed by atoms with Crippen LogP contribution in [-0.2, 0) is 6.18 Å². The molecule has 0 bridgehead atoms. The molecule has 0 unspecified atom stereocenters. The van der Waals surface area contributed by atoms with Crippen molar-refractivity contribution in [2.45, 2.75) is 6.18 Å². The van der Waals surface area contributed by atoms with Crippen LogP contribution in [0.25, 0.3) is 22.4 Å². The number of hydrogen-bond acceptors (Lipinski definition) is 4. The van der Waals surface area contributed by atoms with Crippen LogP contribution in [0.4, 0.5) is 19.0 Å². The molecule has 0 radical (unpaired) electrons. The van der Waals surface area contributed by atoms with Crippen LogP contribution in [0.1, 0.15) is 11.1 Å². The zero-order valence-corrected chi connectivity index (χ0v) is 16.1. The fourth-order valence-corrected chi connectivity index (χ4v) is 3.50. The second kappa shape index (κ2) is 7.52. The number of pyridine rings is 1. The fraction of sp³-hybridized carbons (Fsp3) is 0.100. The van der Waals surface area contributed by atoms with E-state index in [0.717, 1.165) is 12.1 Å². The number of nitrogen functional groups attached to an aromatic ring is 1. The molecule has 0 aliphatic rings. The molecule has 0 spiro atoms. The van der Waals surface area contributed by atoms with Gasteiger partial charge in [-0.2, -0.15) is 18.4 Å². The van der Waals surface area contributed by atoms with E-state index >= 15 is 0 Å². The Hall–Kier alpha value is -3.05. The molecule has 0 saturated carbocycles. The summed E-state index contributed by atoms with van der Waals surface area (Å²) in [6.07, 6.45) is -4.45. The molecule has 0 fully saturated rings. The lowest BCUT2D eigenvalue weighted by Gasteiger charge is -2.15. The molecule has 0 saturated heterocycles. The number of nitrogens with two attached hydrogens (primary N) is 1. The maximum Gasteiger partial charge on any atom is 0.416 e. The van der Waals surface area contributed by atoms with E-state index in [1.165, 1.54) is 19.2 Å². The third-order valence-corrected chi connectivity index (χ3v) is 4.89. The number of methoxy groups -OCH3 is 1. The minimum Gasteiger partial charge on any atom is -0.497 e. The van der Waals surface area contributed by atoms with Gasteiger partial charge in [0.15, 0.2) is 0 Å². The van der Waals surface area contributed by atoms with Crippen LogP contribution >= 0.6 is 15.9 Å². The molecule has 0 amide bonds. The van der Waals surface area contributed by atoms with Crippen LogP contribution < -0.4 is 10.5 Å². The lowest BCUT2D eigenvalue weighted by Crippen LogP contribution is -2.05. The van der Waals surface area contributed by atoms with Gasteiger partial charge in [0.05, 0.1) is 22.8 Å². The smallest absolute Gasteiger partial charge is 0.416 e. The summed E-state index contributed by atoms with van der Waals surface area (Å²) in [5.74, 6) is 0.587. The normalized spacial score (nSPS) is 11.1. The largest absolute Gasteiger partial charge is 0.497 e. The zero-order valence-electron chi connectivity index (χ0n) is 14.5. The molecule has 0 aliphatic heterocycles. The molecule has 2 N–H and O–H groups in total. The molecular weight excluding hydrogens is 435 g/mol. The molecule has 0 aliphatic carbocycles. The number of anilines is 1. The van der Waals surface area contributed by atoms with Gasteiger partial charge in [0.25, 0.3) is 0 Å². The third kappa shape index (κ3) is 3.66. The maximum absolute atomic E-state index is 12.9. The first kappa shape index (κ1) is 19.7. The Morgan fingerprint density at radius 2 is 1.79 bits per heavy atom. The van der Waals surface area contributed by atoms with E-state index in [1.807, 2.05) is 6.07 Å². The van der Waals surface area contributed by atoms with E-state index in [9.17, 15) is 18.4 Å². The lowest BCUT2D eigenvalue weighted by atomic mass is 9.97. The van der Waals surface area contributed by atoms with Crippen molar-refractivity contribution < 1.29 is 17.9 Å². The quantitative estimate of drug-likeness (QED) is 0.562. The second-order valence-corrected chi connectivity index (χ2v) is 6.62. The van der Waals surface area contributed by atoms with Gasteiger partial charge in [-0.3, -0.25) is 0 Å². The molecule has 1 heterocycles. The molecule has 3 rings (SSSR count). The maximum atomic E-state index is 12.9. The van der Waals surface area contributed by atoms with E-state index < -0.39 is 11.7 Å². The predicted molar refractivity (Wildman–Crippen MR) is 103 cm³/mol. The molecule has 142 valence electrons. The number of aromatic nitrogens is 1. The molecule has 28 heavy (non-hydrogen) atoms. The topological polar surface area (TPSA) is 71.9 Å². The summed E-state index contributed by atoms with van der Waals surface area (Å²) in [5.41, 5.74) is 7.20. The highest BCUT2D eigenvalue weighted by Crippen LogP contribution is 2.41. The first-order valence-corrected chi connectivity index (χ1v) is 8.76. The molecule has 1 aromatic heterocycles. The van der Waals surface area contributed by atoms with Crippen LogP contribution in [0, 0.1) is 11.3 Å². The van der Waals surface area contributed by atoms with Gasteiger partial charge in [-0.1, -0.05) is 24.3 Å². The number of nitrogens with zero attached hydrogens (tertiary/aromatic N) is 2. The zero-order chi connectivity index (χ0) is 20.5. The number of benzene rings is 2. The van der Waals surface area contributed by atoms with Crippen LogP contribution in [-0.4, -0.2) is 12.1 Å². The standard InChI is InChI=1S/C20H13BrF3N3O/c1-28-14-4-2-3-12(9-14)18-17(21)16(15(10-25)19(26)27-18)11-5-7-13(8-6-11)20(22,23)24/h2-9H,1H3,(H2,26,27). The Morgan fingerprint density at radius 1 is 1.11 bits per heavy atom. The number of hydrogen-bond donors (Lipinski definition) is 1. The molecule has 0 atom stereocenters. The van der Waals surface area contributed by atoms with Crippen LogP contribution in [0.2, 0.25) is 0 Å². The monoisotopic (exact) mass is 447 g/mol. The molecule has 2 aromatic carbocycles. The van der Waals surface area contributed by atoms with Crippen LogP contribution in [0.5, 0.6) is 5.75 Å². The average Bonchev–Trinajstić information content (AvgIpc) is 2.68. The predicted octanol–water partition coefficient (Wildman–Crippen LogP) is 5.66. The Labute approximate surface area is 167 Å². The highest BCUT2D eigenvalue weighted by Gasteiger charge is 2.30. The van der Waals surface area contributed by atoms with Gasteiger partial charge < -0.3 is 10.5 Å². The summed E-state index contributed by atoms with van der Waals surface area (Å²) in [7, 11) is 1.53. The van der Waals surface area contributed by atoms with Gasteiger partial charge in [0, 0.05) is 11.1 Å². The van der Waals surface area contributed by atoms with Crippen LogP contribution in [0.3, 0.4) is 0 Å². The van der Waals surface area contributed by atoms with E-state index in [4.69, 9.17) is 10.5 Å². The van der Waals surface area contributed by atoms with Gasteiger partial charge in [-0.05, 0) is 45.8 Å². The van der Waals surface area contributed by atoms with Crippen LogP contribution in [0.15, 0.2) is 53.0 Å². The summed E-state index contributed by atoms with van der Waals surface area (Å²) in [6.45, 7) is 0. The summed E-state index contributed by atoms with van der Waals surface area (Å²) in [6, 6.07) is 13.6. The number of rotatable bonds is 3. The van der Waals surface area contributed by atoms with Crippen molar-refractivity contribution in [3.05, 3.63) is 64.1 Å². The summed E-state index contributed by atoms with van der Waals surface area (Å²) < 4.78 is 44.3. The van der Waals surface area contributed by atoms with E-state index in [-0.39, 0.29) is 11.4 Å². The Morgan fingerprint density at radius 3 is 2.36 bits per heavy atom. The summed E-state index contributed by atoms with van der Waals surface area (Å²) in [4.78, 5) is 4.30. The van der Waals surface area contributed by atoms with Crippen molar-refractivity contribution in [3.8, 4) is 34.2 Å². The average molecular weight is 448 g/mol. The van der Waals surface area contributed by atoms with Crippen molar-refractivity contribution in [1.29, 1.82) is 5.26 Å².